The Labute approximate surface area is 192 Å². The van der Waals surface area contributed by atoms with Crippen molar-refractivity contribution in [1.82, 2.24) is 20.4 Å². The summed E-state index contributed by atoms with van der Waals surface area (Å²) < 4.78 is 0. The number of aliphatic imine (C=N–C) groups is 1. The lowest BCUT2D eigenvalue weighted by molar-refractivity contribution is -0.147. The van der Waals surface area contributed by atoms with E-state index >= 15 is 0 Å². The van der Waals surface area contributed by atoms with Gasteiger partial charge < -0.3 is 10.6 Å². The van der Waals surface area contributed by atoms with Gasteiger partial charge in [-0.25, -0.2) is 0 Å². The first-order chi connectivity index (χ1) is 13.7. The number of hydrogen-bond donors (Lipinski definition) is 2. The summed E-state index contributed by atoms with van der Waals surface area (Å²) >= 11 is 0. The van der Waals surface area contributed by atoms with E-state index in [9.17, 15) is 9.59 Å². The first-order valence-corrected chi connectivity index (χ1v) is 11.3. The van der Waals surface area contributed by atoms with E-state index < -0.39 is 0 Å². The predicted octanol–water partition coefficient (Wildman–Crippen LogP) is 2.50. The van der Waals surface area contributed by atoms with Crippen LogP contribution in [0.3, 0.4) is 0 Å². The van der Waals surface area contributed by atoms with Crippen LogP contribution < -0.4 is 10.6 Å². The van der Waals surface area contributed by atoms with Crippen LogP contribution in [0.2, 0.25) is 0 Å². The first kappa shape index (κ1) is 24.4. The average molecular weight is 519 g/mol. The molecule has 0 aromatic heterocycles. The lowest BCUT2D eigenvalue weighted by Crippen LogP contribution is -2.53. The topological polar surface area (TPSA) is 77.0 Å². The quantitative estimate of drug-likeness (QED) is 0.244. The summed E-state index contributed by atoms with van der Waals surface area (Å²) in [6.45, 7) is 5.99. The number of rotatable bonds is 6. The number of nitrogens with zero attached hydrogens (tertiary/aromatic N) is 3. The fourth-order valence-electron chi connectivity index (χ4n) is 4.73. The van der Waals surface area contributed by atoms with Crippen LogP contribution >= 0.6 is 24.0 Å². The number of hydrogen-bond acceptors (Lipinski definition) is 4. The monoisotopic (exact) mass is 519 g/mol. The maximum Gasteiger partial charge on any atom is 0.229 e. The smallest absolute Gasteiger partial charge is 0.229 e. The molecule has 166 valence electrons. The third-order valence-corrected chi connectivity index (χ3v) is 6.21. The number of guanidine groups is 1. The van der Waals surface area contributed by atoms with Crippen LogP contribution in [0, 0.1) is 0 Å². The van der Waals surface area contributed by atoms with Crippen molar-refractivity contribution in [3.05, 3.63) is 0 Å². The Morgan fingerprint density at radius 3 is 2.45 bits per heavy atom. The molecule has 1 unspecified atom stereocenters. The highest BCUT2D eigenvalue weighted by molar-refractivity contribution is 14.0. The standard InChI is InChI=1S/C21H37N5O2.HI/c1-2-22-21(23-13-15-26-19(27)11-6-12-20(26)28)24-17-8-7-14-25(16-17)18-9-4-3-5-10-18;/h17-18H,2-16H2,1H3,(H2,22,23,24);1H. The number of amides is 2. The summed E-state index contributed by atoms with van der Waals surface area (Å²) in [7, 11) is 0. The van der Waals surface area contributed by atoms with E-state index in [1.807, 2.05) is 0 Å². The van der Waals surface area contributed by atoms with Gasteiger partial charge in [-0.2, -0.15) is 0 Å². The Kier molecular flexibility index (Phi) is 10.7. The average Bonchev–Trinajstić information content (AvgIpc) is 2.71. The van der Waals surface area contributed by atoms with Gasteiger partial charge in [-0.1, -0.05) is 19.3 Å². The predicted molar refractivity (Wildman–Crippen MR) is 127 cm³/mol. The zero-order chi connectivity index (χ0) is 19.8. The third-order valence-electron chi connectivity index (χ3n) is 6.21. The molecule has 8 heteroatoms. The molecule has 0 aromatic rings. The molecule has 0 radical (unpaired) electrons. The maximum atomic E-state index is 11.9. The van der Waals surface area contributed by atoms with Gasteiger partial charge in [-0.3, -0.25) is 24.4 Å². The Balaban J connectivity index is 0.00000300. The summed E-state index contributed by atoms with van der Waals surface area (Å²) in [5, 5.41) is 6.91. The Bertz CT molecular complexity index is 549. The fourth-order valence-corrected chi connectivity index (χ4v) is 4.73. The molecule has 0 bridgehead atoms. The second kappa shape index (κ2) is 12.7. The number of piperidine rings is 2. The van der Waals surface area contributed by atoms with Crippen molar-refractivity contribution >= 4 is 41.8 Å². The zero-order valence-electron chi connectivity index (χ0n) is 17.8. The van der Waals surface area contributed by atoms with Crippen molar-refractivity contribution in [1.29, 1.82) is 0 Å². The van der Waals surface area contributed by atoms with Gasteiger partial charge in [0.05, 0.1) is 6.54 Å². The number of carbonyl (C=O) groups is 2. The molecule has 2 aliphatic heterocycles. The Hall–Kier alpha value is -0.900. The highest BCUT2D eigenvalue weighted by atomic mass is 127. The number of halogens is 1. The van der Waals surface area contributed by atoms with Crippen LogP contribution in [0.5, 0.6) is 0 Å². The normalized spacial score (nSPS) is 24.9. The van der Waals surface area contributed by atoms with E-state index in [0.29, 0.717) is 38.4 Å². The van der Waals surface area contributed by atoms with Crippen LogP contribution in [0.15, 0.2) is 4.99 Å². The van der Waals surface area contributed by atoms with E-state index in [1.165, 1.54) is 50.0 Å². The van der Waals surface area contributed by atoms with E-state index in [-0.39, 0.29) is 35.8 Å². The van der Waals surface area contributed by atoms with Gasteiger partial charge in [-0.05, 0) is 45.6 Å². The van der Waals surface area contributed by atoms with E-state index in [4.69, 9.17) is 0 Å². The van der Waals surface area contributed by atoms with Gasteiger partial charge in [0.1, 0.15) is 0 Å². The van der Waals surface area contributed by atoms with Crippen LogP contribution in [0.4, 0.5) is 0 Å². The van der Waals surface area contributed by atoms with Crippen molar-refractivity contribution in [3.8, 4) is 0 Å². The molecule has 2 amide bonds. The molecule has 3 rings (SSSR count). The Morgan fingerprint density at radius 2 is 1.76 bits per heavy atom. The second-order valence-electron chi connectivity index (χ2n) is 8.32. The molecule has 1 aliphatic carbocycles. The van der Waals surface area contributed by atoms with E-state index in [2.05, 4.69) is 27.4 Å². The molecule has 3 fully saturated rings. The lowest BCUT2D eigenvalue weighted by Gasteiger charge is -2.40. The molecular weight excluding hydrogens is 481 g/mol. The summed E-state index contributed by atoms with van der Waals surface area (Å²) in [5.74, 6) is 0.689. The fraction of sp³-hybridized carbons (Fsp3) is 0.857. The summed E-state index contributed by atoms with van der Waals surface area (Å²) in [4.78, 5) is 32.5. The number of likely N-dealkylation sites (tertiary alicyclic amines) is 2. The molecular formula is C21H38IN5O2. The largest absolute Gasteiger partial charge is 0.357 e. The first-order valence-electron chi connectivity index (χ1n) is 11.3. The molecule has 3 aliphatic rings. The van der Waals surface area contributed by atoms with Gasteiger partial charge in [-0.15, -0.1) is 24.0 Å². The van der Waals surface area contributed by atoms with Gasteiger partial charge in [0, 0.05) is 44.6 Å². The molecule has 2 heterocycles. The number of imide groups is 1. The summed E-state index contributed by atoms with van der Waals surface area (Å²) in [6, 6.07) is 1.17. The zero-order valence-corrected chi connectivity index (χ0v) is 20.2. The van der Waals surface area contributed by atoms with Crippen LogP contribution in [-0.2, 0) is 9.59 Å². The minimum Gasteiger partial charge on any atom is -0.357 e. The number of nitrogens with one attached hydrogen (secondary N) is 2. The molecule has 1 saturated carbocycles. The van der Waals surface area contributed by atoms with Crippen LogP contribution in [-0.4, -0.2) is 72.4 Å². The van der Waals surface area contributed by atoms with Crippen molar-refractivity contribution in [2.24, 2.45) is 4.99 Å². The minimum absolute atomic E-state index is 0. The molecule has 2 N–H and O–H groups in total. The van der Waals surface area contributed by atoms with Gasteiger partial charge in [0.25, 0.3) is 0 Å². The molecule has 2 saturated heterocycles. The van der Waals surface area contributed by atoms with Gasteiger partial charge in [0.15, 0.2) is 5.96 Å². The third kappa shape index (κ3) is 7.38. The highest BCUT2D eigenvalue weighted by Gasteiger charge is 2.28. The molecule has 7 nitrogen and oxygen atoms in total. The van der Waals surface area contributed by atoms with Gasteiger partial charge >= 0.3 is 0 Å². The minimum atomic E-state index is -0.0557. The Morgan fingerprint density at radius 1 is 1.03 bits per heavy atom. The lowest BCUT2D eigenvalue weighted by atomic mass is 9.92. The summed E-state index contributed by atoms with van der Waals surface area (Å²) in [6.07, 6.45) is 10.9. The van der Waals surface area contributed by atoms with E-state index in [0.717, 1.165) is 31.5 Å². The molecule has 1 atom stereocenters. The SMILES string of the molecule is CCNC(=NCCN1C(=O)CCCC1=O)NC1CCCN(C2CCCCC2)C1.I. The van der Waals surface area contributed by atoms with Gasteiger partial charge in [0.2, 0.25) is 11.8 Å². The van der Waals surface area contributed by atoms with E-state index in [1.54, 1.807) is 0 Å². The molecule has 0 spiro atoms. The maximum absolute atomic E-state index is 11.9. The molecule has 0 aromatic carbocycles. The second-order valence-corrected chi connectivity index (χ2v) is 8.32. The summed E-state index contributed by atoms with van der Waals surface area (Å²) in [5.41, 5.74) is 0. The van der Waals surface area contributed by atoms with Crippen molar-refractivity contribution in [3.63, 3.8) is 0 Å². The van der Waals surface area contributed by atoms with Crippen molar-refractivity contribution in [2.75, 3.05) is 32.7 Å². The highest BCUT2D eigenvalue weighted by Crippen LogP contribution is 2.25. The van der Waals surface area contributed by atoms with Crippen LogP contribution in [0.1, 0.15) is 71.1 Å². The number of carbonyl (C=O) groups excluding carboxylic acids is 2. The molecule has 29 heavy (non-hydrogen) atoms. The van der Waals surface area contributed by atoms with Crippen molar-refractivity contribution in [2.45, 2.75) is 83.2 Å². The van der Waals surface area contributed by atoms with Crippen molar-refractivity contribution < 1.29 is 9.59 Å². The van der Waals surface area contributed by atoms with Crippen LogP contribution in [0.25, 0.3) is 0 Å².